The van der Waals surface area contributed by atoms with E-state index >= 15 is 0 Å². The van der Waals surface area contributed by atoms with Crippen molar-refractivity contribution in [3.63, 3.8) is 0 Å². The summed E-state index contributed by atoms with van der Waals surface area (Å²) in [7, 11) is 1.61. The third-order valence-corrected chi connectivity index (χ3v) is 3.07. The Balaban J connectivity index is 2.03. The quantitative estimate of drug-likeness (QED) is 0.469. The Bertz CT molecular complexity index is 179. The molecule has 0 saturated heterocycles. The van der Waals surface area contributed by atoms with Crippen molar-refractivity contribution in [1.82, 2.24) is 5.32 Å². The van der Waals surface area contributed by atoms with Crippen molar-refractivity contribution in [2.75, 3.05) is 40.1 Å². The number of methoxy groups -OCH3 is 1. The first kappa shape index (κ1) is 13.9. The maximum Gasteiger partial charge on any atom is 0.0897 e. The van der Waals surface area contributed by atoms with E-state index in [0.717, 1.165) is 19.3 Å². The molecule has 96 valence electrons. The molecule has 1 rings (SSSR count). The van der Waals surface area contributed by atoms with E-state index < -0.39 is 6.10 Å². The molecule has 0 bridgehead atoms. The minimum atomic E-state index is -0.527. The van der Waals surface area contributed by atoms with Crippen molar-refractivity contribution in [1.29, 1.82) is 0 Å². The largest absolute Gasteiger partial charge is 0.394 e. The summed E-state index contributed by atoms with van der Waals surface area (Å²) in [5, 5.41) is 22.0. The van der Waals surface area contributed by atoms with Crippen molar-refractivity contribution in [2.24, 2.45) is 0 Å². The molecule has 0 spiro atoms. The molecule has 1 fully saturated rings. The van der Waals surface area contributed by atoms with E-state index in [4.69, 9.17) is 9.47 Å². The highest BCUT2D eigenvalue weighted by Crippen LogP contribution is 2.30. The Morgan fingerprint density at radius 3 is 2.62 bits per heavy atom. The molecular weight excluding hydrogens is 210 g/mol. The van der Waals surface area contributed by atoms with Gasteiger partial charge in [0.1, 0.15) is 0 Å². The van der Waals surface area contributed by atoms with Gasteiger partial charge in [-0.3, -0.25) is 0 Å². The van der Waals surface area contributed by atoms with E-state index in [1.807, 2.05) is 0 Å². The van der Waals surface area contributed by atoms with Gasteiger partial charge in [-0.25, -0.2) is 0 Å². The predicted molar refractivity (Wildman–Crippen MR) is 60.4 cm³/mol. The highest BCUT2D eigenvalue weighted by molar-refractivity contribution is 4.95. The molecule has 0 aromatic rings. The average Bonchev–Trinajstić information content (AvgIpc) is 2.24. The number of nitrogens with one attached hydrogen (secondary N) is 1. The molecule has 16 heavy (non-hydrogen) atoms. The van der Waals surface area contributed by atoms with Crippen LogP contribution < -0.4 is 5.32 Å². The van der Waals surface area contributed by atoms with Crippen molar-refractivity contribution in [2.45, 2.75) is 30.9 Å². The summed E-state index contributed by atoms with van der Waals surface area (Å²) in [4.78, 5) is 0. The van der Waals surface area contributed by atoms with Crippen LogP contribution in [-0.2, 0) is 9.47 Å². The topological polar surface area (TPSA) is 71.0 Å². The van der Waals surface area contributed by atoms with Crippen molar-refractivity contribution < 1.29 is 19.7 Å². The second-order valence-corrected chi connectivity index (χ2v) is 4.39. The third kappa shape index (κ3) is 4.35. The van der Waals surface area contributed by atoms with Gasteiger partial charge < -0.3 is 25.0 Å². The minimum absolute atomic E-state index is 0.143. The minimum Gasteiger partial charge on any atom is -0.394 e. The number of rotatable bonds is 9. The number of aliphatic hydroxyl groups is 2. The predicted octanol–water partition coefficient (Wildman–Crippen LogP) is -0.485. The summed E-state index contributed by atoms with van der Waals surface area (Å²) in [6.45, 7) is 1.95. The summed E-state index contributed by atoms with van der Waals surface area (Å²) in [5.41, 5.74) is -0.145. The normalized spacial score (nSPS) is 20.4. The van der Waals surface area contributed by atoms with Gasteiger partial charge in [-0.1, -0.05) is 0 Å². The van der Waals surface area contributed by atoms with E-state index in [0.29, 0.717) is 26.4 Å². The molecule has 0 amide bonds. The lowest BCUT2D eigenvalue weighted by Gasteiger charge is -2.41. The zero-order valence-corrected chi connectivity index (χ0v) is 9.95. The highest BCUT2D eigenvalue weighted by atomic mass is 16.5. The highest BCUT2D eigenvalue weighted by Gasteiger charge is 2.35. The molecule has 1 unspecified atom stereocenters. The van der Waals surface area contributed by atoms with Gasteiger partial charge in [-0.15, -0.1) is 0 Å². The van der Waals surface area contributed by atoms with Crippen LogP contribution in [0.25, 0.3) is 0 Å². The Morgan fingerprint density at radius 2 is 2.12 bits per heavy atom. The molecule has 0 aromatic carbocycles. The molecule has 1 aliphatic rings. The first-order chi connectivity index (χ1) is 7.72. The van der Waals surface area contributed by atoms with Gasteiger partial charge in [0.15, 0.2) is 0 Å². The zero-order valence-electron chi connectivity index (χ0n) is 9.95. The van der Waals surface area contributed by atoms with Gasteiger partial charge in [-0.05, 0) is 19.3 Å². The standard InChI is InChI=1S/C11H23NO4/c1-15-5-6-16-8-10(14)7-12-11(9-13)3-2-4-11/h10,12-14H,2-9H2,1H3. The van der Waals surface area contributed by atoms with Gasteiger partial charge in [-0.2, -0.15) is 0 Å². The summed E-state index contributed by atoms with van der Waals surface area (Å²) >= 11 is 0. The fourth-order valence-corrected chi connectivity index (χ4v) is 1.75. The number of aliphatic hydroxyl groups excluding tert-OH is 2. The molecule has 3 N–H and O–H groups in total. The number of β-amino-alcohol motifs (C(OH)–C–C–N with tert-alkyl or cyclic N) is 1. The SMILES string of the molecule is COCCOCC(O)CNC1(CO)CCC1. The van der Waals surface area contributed by atoms with E-state index in [-0.39, 0.29) is 12.1 Å². The lowest BCUT2D eigenvalue weighted by molar-refractivity contribution is 0.00333. The summed E-state index contributed by atoms with van der Waals surface area (Å²) in [6.07, 6.45) is 2.59. The van der Waals surface area contributed by atoms with Crippen molar-refractivity contribution in [3.8, 4) is 0 Å². The summed E-state index contributed by atoms with van der Waals surface area (Å²) in [6, 6.07) is 0. The van der Waals surface area contributed by atoms with E-state index in [9.17, 15) is 10.2 Å². The smallest absolute Gasteiger partial charge is 0.0897 e. The van der Waals surface area contributed by atoms with Gasteiger partial charge >= 0.3 is 0 Å². The second kappa shape index (κ2) is 7.19. The molecule has 5 nitrogen and oxygen atoms in total. The molecular formula is C11H23NO4. The molecule has 1 atom stereocenters. The van der Waals surface area contributed by atoms with Crippen molar-refractivity contribution in [3.05, 3.63) is 0 Å². The van der Waals surface area contributed by atoms with Gasteiger partial charge in [0.25, 0.3) is 0 Å². The third-order valence-electron chi connectivity index (χ3n) is 3.07. The van der Waals surface area contributed by atoms with Gasteiger partial charge in [0.05, 0.1) is 32.5 Å². The Kier molecular flexibility index (Phi) is 6.23. The van der Waals surface area contributed by atoms with Crippen LogP contribution in [-0.4, -0.2) is 61.9 Å². The van der Waals surface area contributed by atoms with Crippen molar-refractivity contribution >= 4 is 0 Å². The fourth-order valence-electron chi connectivity index (χ4n) is 1.75. The molecule has 5 heteroatoms. The number of ether oxygens (including phenoxy) is 2. The molecule has 1 saturated carbocycles. The van der Waals surface area contributed by atoms with Crippen LogP contribution in [0.4, 0.5) is 0 Å². The molecule has 0 aromatic heterocycles. The Hall–Kier alpha value is -0.200. The van der Waals surface area contributed by atoms with E-state index in [2.05, 4.69) is 5.32 Å². The number of hydrogen-bond donors (Lipinski definition) is 3. The van der Waals surface area contributed by atoms with Crippen LogP contribution in [0.2, 0.25) is 0 Å². The lowest BCUT2D eigenvalue weighted by atomic mass is 9.77. The average molecular weight is 233 g/mol. The second-order valence-electron chi connectivity index (χ2n) is 4.39. The zero-order chi connectivity index (χ0) is 11.9. The molecule has 0 aliphatic heterocycles. The number of hydrogen-bond acceptors (Lipinski definition) is 5. The maximum atomic E-state index is 9.62. The monoisotopic (exact) mass is 233 g/mol. The van der Waals surface area contributed by atoms with Gasteiger partial charge in [0, 0.05) is 19.2 Å². The van der Waals surface area contributed by atoms with Crippen LogP contribution in [0.15, 0.2) is 0 Å². The maximum absolute atomic E-state index is 9.62. The van der Waals surface area contributed by atoms with E-state index in [1.54, 1.807) is 7.11 Å². The summed E-state index contributed by atoms with van der Waals surface area (Å²) in [5.74, 6) is 0. The lowest BCUT2D eigenvalue weighted by Crippen LogP contribution is -2.56. The van der Waals surface area contributed by atoms with Gasteiger partial charge in [0.2, 0.25) is 0 Å². The molecule has 1 aliphatic carbocycles. The first-order valence-corrected chi connectivity index (χ1v) is 5.83. The first-order valence-electron chi connectivity index (χ1n) is 5.83. The van der Waals surface area contributed by atoms with Crippen LogP contribution in [0.3, 0.4) is 0 Å². The molecule has 0 radical (unpaired) electrons. The Labute approximate surface area is 96.7 Å². The van der Waals surface area contributed by atoms with Crippen LogP contribution >= 0.6 is 0 Å². The van der Waals surface area contributed by atoms with E-state index in [1.165, 1.54) is 0 Å². The molecule has 0 heterocycles. The fraction of sp³-hybridized carbons (Fsp3) is 1.00. The van der Waals surface area contributed by atoms with Crippen LogP contribution in [0, 0.1) is 0 Å². The summed E-state index contributed by atoms with van der Waals surface area (Å²) < 4.78 is 10.0. The Morgan fingerprint density at radius 1 is 1.38 bits per heavy atom. The van der Waals surface area contributed by atoms with Crippen LogP contribution in [0.1, 0.15) is 19.3 Å². The van der Waals surface area contributed by atoms with Crippen LogP contribution in [0.5, 0.6) is 0 Å².